The van der Waals surface area contributed by atoms with Crippen molar-refractivity contribution in [3.05, 3.63) is 67.4 Å². The molecule has 0 N–H and O–H groups in total. The van der Waals surface area contributed by atoms with E-state index in [1.807, 2.05) is 18.2 Å². The van der Waals surface area contributed by atoms with Crippen LogP contribution in [-0.2, 0) is 20.1 Å². The van der Waals surface area contributed by atoms with Gasteiger partial charge in [0.2, 0.25) is 0 Å². The fourth-order valence-electron chi connectivity index (χ4n) is 2.92. The summed E-state index contributed by atoms with van der Waals surface area (Å²) in [6, 6.07) is 17.6. The van der Waals surface area contributed by atoms with Crippen LogP contribution in [0.5, 0.6) is 0 Å². The molecule has 1 aliphatic heterocycles. The fraction of sp³-hybridized carbons (Fsp3) is 0.125. The standard InChI is InChI=1S/C15H12B2N.CH3.Ir/c1-16-11-17(15-9-4-3-8-14(15)16)12-6-5-7-13(10-12)18-2;;/h3-5,7-10H,11H2,1H3;1H3;/q2*-1;. The van der Waals surface area contributed by atoms with Gasteiger partial charge in [0.05, 0.1) is 12.3 Å². The molecule has 1 nitrogen and oxygen atoms in total. The summed E-state index contributed by atoms with van der Waals surface area (Å²) in [5, 5.41) is 0. The monoisotopic (exact) mass is 436 g/mol. The van der Waals surface area contributed by atoms with Crippen molar-refractivity contribution >= 4 is 35.5 Å². The summed E-state index contributed by atoms with van der Waals surface area (Å²) < 4.78 is 0. The molecule has 2 aromatic carbocycles. The summed E-state index contributed by atoms with van der Waals surface area (Å²) in [6.07, 6.45) is 1.12. The van der Waals surface area contributed by atoms with Crippen molar-refractivity contribution in [2.75, 3.05) is 0 Å². The molecule has 0 amide bonds. The minimum atomic E-state index is 0. The minimum Gasteiger partial charge on any atom is -0.358 e. The van der Waals surface area contributed by atoms with Crippen molar-refractivity contribution < 1.29 is 20.1 Å². The van der Waals surface area contributed by atoms with E-state index < -0.39 is 0 Å². The Morgan fingerprint density at radius 3 is 2.60 bits per heavy atom. The molecule has 0 aromatic heterocycles. The van der Waals surface area contributed by atoms with Crippen LogP contribution in [0.3, 0.4) is 0 Å². The molecule has 0 saturated carbocycles. The van der Waals surface area contributed by atoms with Crippen LogP contribution < -0.4 is 16.4 Å². The first-order valence-electron chi connectivity index (χ1n) is 6.27. The van der Waals surface area contributed by atoms with Gasteiger partial charge in [-0.1, -0.05) is 48.2 Å². The largest absolute Gasteiger partial charge is 0.358 e. The van der Waals surface area contributed by atoms with Gasteiger partial charge < -0.3 is 7.43 Å². The van der Waals surface area contributed by atoms with Gasteiger partial charge in [0.1, 0.15) is 0 Å². The Morgan fingerprint density at radius 1 is 1.20 bits per heavy atom. The number of fused-ring (bicyclic) bond motifs is 1. The maximum absolute atomic E-state index is 7.11. The topological polar surface area (TPSA) is 4.36 Å². The number of hydrogen-bond acceptors (Lipinski definition) is 0. The molecule has 4 heteroatoms. The zero-order valence-corrected chi connectivity index (χ0v) is 14.1. The summed E-state index contributed by atoms with van der Waals surface area (Å²) in [5.41, 5.74) is 4.72. The van der Waals surface area contributed by atoms with E-state index in [4.69, 9.17) is 6.57 Å². The van der Waals surface area contributed by atoms with E-state index in [0.29, 0.717) is 19.1 Å². The van der Waals surface area contributed by atoms with E-state index in [1.165, 1.54) is 10.9 Å². The van der Waals surface area contributed by atoms with Gasteiger partial charge in [0.25, 0.3) is 0 Å². The van der Waals surface area contributed by atoms with Crippen LogP contribution in [0.2, 0.25) is 13.0 Å². The molecule has 0 fully saturated rings. The van der Waals surface area contributed by atoms with E-state index in [9.17, 15) is 0 Å². The molecule has 2 aromatic rings. The van der Waals surface area contributed by atoms with Crippen LogP contribution in [-0.4, -0.2) is 13.4 Å². The van der Waals surface area contributed by atoms with Crippen LogP contribution in [0.1, 0.15) is 0 Å². The normalized spacial score (nSPS) is 12.0. The quantitative estimate of drug-likeness (QED) is 0.477. The SMILES string of the molecule is [C-]#[N+]c1cc[c-]c(B2CB(C)c3ccccc32)c1.[CH3-].[Ir]. The average Bonchev–Trinajstić information content (AvgIpc) is 2.77. The van der Waals surface area contributed by atoms with Crippen LogP contribution >= 0.6 is 0 Å². The maximum atomic E-state index is 7.11. The Morgan fingerprint density at radius 2 is 1.90 bits per heavy atom. The Bertz CT molecular complexity index is 636. The third-order valence-corrected chi connectivity index (χ3v) is 3.80. The third kappa shape index (κ3) is 2.90. The molecule has 1 aliphatic rings. The molecule has 0 bridgehead atoms. The fourth-order valence-corrected chi connectivity index (χ4v) is 2.92. The second-order valence-electron chi connectivity index (χ2n) is 4.93. The molecule has 0 saturated heterocycles. The zero-order valence-electron chi connectivity index (χ0n) is 11.7. The van der Waals surface area contributed by atoms with E-state index in [2.05, 4.69) is 42.0 Å². The van der Waals surface area contributed by atoms with Gasteiger partial charge in [-0.3, -0.25) is 4.85 Å². The maximum Gasteiger partial charge on any atom is 0.174 e. The molecule has 1 heterocycles. The van der Waals surface area contributed by atoms with E-state index in [-0.39, 0.29) is 27.5 Å². The molecular formula is C16H15B2IrN-2. The van der Waals surface area contributed by atoms with Crippen LogP contribution in [0.15, 0.2) is 42.5 Å². The van der Waals surface area contributed by atoms with Crippen molar-refractivity contribution in [2.24, 2.45) is 0 Å². The second kappa shape index (κ2) is 6.93. The first-order valence-corrected chi connectivity index (χ1v) is 6.27. The summed E-state index contributed by atoms with van der Waals surface area (Å²) in [4.78, 5) is 3.51. The number of rotatable bonds is 1. The van der Waals surface area contributed by atoms with Gasteiger partial charge in [-0.05, 0) is 0 Å². The van der Waals surface area contributed by atoms with Crippen molar-refractivity contribution in [3.8, 4) is 0 Å². The molecule has 0 spiro atoms. The Kier molecular flexibility index (Phi) is 5.81. The van der Waals surface area contributed by atoms with Crippen LogP contribution in [0, 0.1) is 20.1 Å². The molecule has 3 rings (SSSR count). The van der Waals surface area contributed by atoms with Gasteiger partial charge in [0.15, 0.2) is 13.4 Å². The molecular weight excluding hydrogens is 420 g/mol. The smallest absolute Gasteiger partial charge is 0.174 e. The van der Waals surface area contributed by atoms with Crippen LogP contribution in [0.4, 0.5) is 5.69 Å². The Balaban J connectivity index is 0.000001000. The minimum absolute atomic E-state index is 0. The van der Waals surface area contributed by atoms with Gasteiger partial charge in [-0.15, -0.1) is 0 Å². The van der Waals surface area contributed by atoms with E-state index in [0.717, 1.165) is 11.7 Å². The molecule has 0 unspecified atom stereocenters. The predicted octanol–water partition coefficient (Wildman–Crippen LogP) is 1.98. The van der Waals surface area contributed by atoms with Gasteiger partial charge >= 0.3 is 0 Å². The number of hydrogen-bond donors (Lipinski definition) is 0. The Labute approximate surface area is 136 Å². The van der Waals surface area contributed by atoms with E-state index >= 15 is 0 Å². The summed E-state index contributed by atoms with van der Waals surface area (Å²) in [5.74, 6) is 0. The number of nitrogens with zero attached hydrogens (tertiary/aromatic N) is 1. The Hall–Kier alpha value is -1.29. The van der Waals surface area contributed by atoms with Crippen molar-refractivity contribution in [3.63, 3.8) is 0 Å². The van der Waals surface area contributed by atoms with Gasteiger partial charge in [0, 0.05) is 20.1 Å². The molecule has 101 valence electrons. The van der Waals surface area contributed by atoms with Crippen LogP contribution in [0.25, 0.3) is 4.85 Å². The first kappa shape index (κ1) is 16.8. The molecule has 0 aliphatic carbocycles. The third-order valence-electron chi connectivity index (χ3n) is 3.80. The average molecular weight is 435 g/mol. The van der Waals surface area contributed by atoms with E-state index in [1.54, 1.807) is 0 Å². The first-order chi connectivity index (χ1) is 8.79. The summed E-state index contributed by atoms with van der Waals surface area (Å²) >= 11 is 0. The zero-order chi connectivity index (χ0) is 12.5. The molecule has 0 atom stereocenters. The predicted molar refractivity (Wildman–Crippen MR) is 85.5 cm³/mol. The summed E-state index contributed by atoms with van der Waals surface area (Å²) in [6.45, 7) is 10.4. The summed E-state index contributed by atoms with van der Waals surface area (Å²) in [7, 11) is 0. The van der Waals surface area contributed by atoms with Gasteiger partial charge in [-0.2, -0.15) is 29.7 Å². The van der Waals surface area contributed by atoms with Crippen molar-refractivity contribution in [2.45, 2.75) is 13.0 Å². The van der Waals surface area contributed by atoms with Gasteiger partial charge in [-0.25, -0.2) is 0 Å². The van der Waals surface area contributed by atoms with Crippen molar-refractivity contribution in [1.82, 2.24) is 0 Å². The molecule has 20 heavy (non-hydrogen) atoms. The molecule has 1 radical (unpaired) electrons. The number of benzene rings is 2. The van der Waals surface area contributed by atoms with Crippen molar-refractivity contribution in [1.29, 1.82) is 0 Å². The second-order valence-corrected chi connectivity index (χ2v) is 4.93.